The lowest BCUT2D eigenvalue weighted by Crippen LogP contribution is -2.36. The number of aliphatic hydroxyl groups excluding tert-OH is 1. The van der Waals surface area contributed by atoms with Gasteiger partial charge in [0.05, 0.1) is 6.54 Å². The van der Waals surface area contributed by atoms with E-state index in [-0.39, 0.29) is 12.7 Å². The van der Waals surface area contributed by atoms with E-state index in [4.69, 9.17) is 21.1 Å². The minimum absolute atomic E-state index is 0.235. The van der Waals surface area contributed by atoms with Crippen molar-refractivity contribution in [2.45, 2.75) is 25.7 Å². The normalized spacial score (nSPS) is 20.3. The number of amides is 1. The van der Waals surface area contributed by atoms with Gasteiger partial charge in [-0.25, -0.2) is 4.79 Å². The van der Waals surface area contributed by atoms with Crippen molar-refractivity contribution in [3.8, 4) is 5.75 Å². The summed E-state index contributed by atoms with van der Waals surface area (Å²) in [7, 11) is 0. The van der Waals surface area contributed by atoms with Gasteiger partial charge >= 0.3 is 6.09 Å². The van der Waals surface area contributed by atoms with E-state index in [1.165, 1.54) is 4.90 Å². The highest BCUT2D eigenvalue weighted by Gasteiger charge is 2.35. The third-order valence-electron chi connectivity index (χ3n) is 2.86. The van der Waals surface area contributed by atoms with Gasteiger partial charge in [-0.05, 0) is 24.6 Å². The number of rotatable bonds is 5. The molecule has 0 radical (unpaired) electrons. The molecule has 1 aromatic rings. The van der Waals surface area contributed by atoms with Crippen molar-refractivity contribution in [3.05, 3.63) is 29.3 Å². The van der Waals surface area contributed by atoms with Gasteiger partial charge in [0.2, 0.25) is 0 Å². The summed E-state index contributed by atoms with van der Waals surface area (Å²) in [5, 5.41) is 10.2. The molecule has 1 aliphatic heterocycles. The Hall–Kier alpha value is -1.46. The van der Waals surface area contributed by atoms with Gasteiger partial charge in [-0.3, -0.25) is 4.90 Å². The fourth-order valence-corrected chi connectivity index (χ4v) is 2.02. The largest absolute Gasteiger partial charge is 0.490 e. The van der Waals surface area contributed by atoms with E-state index in [2.05, 4.69) is 0 Å². The van der Waals surface area contributed by atoms with E-state index >= 15 is 0 Å². The highest BCUT2D eigenvalue weighted by molar-refractivity contribution is 6.30. The maximum absolute atomic E-state index is 11.5. The molecule has 0 bridgehead atoms. The predicted octanol–water partition coefficient (Wildman–Crippen LogP) is 2.27. The van der Waals surface area contributed by atoms with Gasteiger partial charge in [0.1, 0.15) is 18.6 Å². The second-order valence-electron chi connectivity index (χ2n) is 4.32. The smallest absolute Gasteiger partial charge is 0.412 e. The van der Waals surface area contributed by atoms with Crippen LogP contribution in [0.3, 0.4) is 0 Å². The minimum Gasteiger partial charge on any atom is -0.490 e. The maximum Gasteiger partial charge on any atom is 0.412 e. The summed E-state index contributed by atoms with van der Waals surface area (Å²) >= 11 is 5.84. The monoisotopic (exact) mass is 285 g/mol. The van der Waals surface area contributed by atoms with Crippen LogP contribution in [0.4, 0.5) is 4.79 Å². The van der Waals surface area contributed by atoms with Crippen molar-refractivity contribution < 1.29 is 19.4 Å². The van der Waals surface area contributed by atoms with Crippen molar-refractivity contribution in [3.63, 3.8) is 0 Å². The average Bonchev–Trinajstić information content (AvgIpc) is 2.77. The molecule has 0 aliphatic carbocycles. The number of ether oxygens (including phenoxy) is 2. The first-order valence-corrected chi connectivity index (χ1v) is 6.51. The van der Waals surface area contributed by atoms with Crippen LogP contribution in [0.15, 0.2) is 24.3 Å². The summed E-state index contributed by atoms with van der Waals surface area (Å²) in [5.41, 5.74) is 0. The van der Waals surface area contributed by atoms with E-state index in [0.29, 0.717) is 23.7 Å². The first kappa shape index (κ1) is 14.0. The van der Waals surface area contributed by atoms with Gasteiger partial charge in [0.25, 0.3) is 0 Å². The second-order valence-corrected chi connectivity index (χ2v) is 4.75. The van der Waals surface area contributed by atoms with Crippen LogP contribution in [0.5, 0.6) is 5.75 Å². The summed E-state index contributed by atoms with van der Waals surface area (Å²) in [6, 6.07) is 7.01. The van der Waals surface area contributed by atoms with E-state index < -0.39 is 12.3 Å². The summed E-state index contributed by atoms with van der Waals surface area (Å²) in [6.07, 6.45) is -1.22. The number of carbonyl (C=O) groups is 1. The van der Waals surface area contributed by atoms with Gasteiger partial charge in [0, 0.05) is 5.02 Å². The van der Waals surface area contributed by atoms with Crippen LogP contribution in [-0.2, 0) is 4.74 Å². The predicted molar refractivity (Wildman–Crippen MR) is 70.2 cm³/mol. The van der Waals surface area contributed by atoms with Gasteiger partial charge in [-0.1, -0.05) is 24.6 Å². The third kappa shape index (κ3) is 3.52. The Morgan fingerprint density at radius 2 is 2.42 bits per heavy atom. The Morgan fingerprint density at radius 3 is 3.11 bits per heavy atom. The zero-order valence-corrected chi connectivity index (χ0v) is 11.3. The molecule has 0 saturated carbocycles. The number of hydrogen-bond acceptors (Lipinski definition) is 4. The molecular weight excluding hydrogens is 270 g/mol. The molecule has 104 valence electrons. The average molecular weight is 286 g/mol. The van der Waals surface area contributed by atoms with Gasteiger partial charge in [-0.2, -0.15) is 0 Å². The molecule has 1 aromatic carbocycles. The molecule has 5 nitrogen and oxygen atoms in total. The number of nitrogens with zero attached hydrogens (tertiary/aromatic N) is 1. The van der Waals surface area contributed by atoms with Crippen molar-refractivity contribution in [1.29, 1.82) is 0 Å². The molecule has 2 atom stereocenters. The van der Waals surface area contributed by atoms with Crippen molar-refractivity contribution in [1.82, 2.24) is 4.90 Å². The molecule has 1 N–H and O–H groups in total. The lowest BCUT2D eigenvalue weighted by molar-refractivity contribution is 0.0350. The minimum atomic E-state index is -0.802. The quantitative estimate of drug-likeness (QED) is 0.901. The van der Waals surface area contributed by atoms with Crippen LogP contribution in [0.2, 0.25) is 5.02 Å². The van der Waals surface area contributed by atoms with E-state index in [0.717, 1.165) is 0 Å². The van der Waals surface area contributed by atoms with Crippen molar-refractivity contribution in [2.75, 3.05) is 13.2 Å². The molecule has 0 aromatic heterocycles. The molecule has 1 amide bonds. The molecule has 1 saturated heterocycles. The first-order valence-electron chi connectivity index (χ1n) is 6.14. The van der Waals surface area contributed by atoms with Gasteiger partial charge < -0.3 is 14.6 Å². The Labute approximate surface area is 116 Å². The number of benzene rings is 1. The summed E-state index contributed by atoms with van der Waals surface area (Å²) in [4.78, 5) is 12.8. The second kappa shape index (κ2) is 6.12. The number of cyclic esters (lactones) is 1. The Kier molecular flexibility index (Phi) is 4.50. The fourth-order valence-electron chi connectivity index (χ4n) is 1.84. The Morgan fingerprint density at radius 1 is 1.63 bits per heavy atom. The lowest BCUT2D eigenvalue weighted by atomic mass is 10.3. The van der Waals surface area contributed by atoms with Crippen molar-refractivity contribution in [2.24, 2.45) is 0 Å². The zero-order valence-electron chi connectivity index (χ0n) is 10.6. The molecule has 1 heterocycles. The molecule has 1 fully saturated rings. The third-order valence-corrected chi connectivity index (χ3v) is 3.09. The highest BCUT2D eigenvalue weighted by atomic mass is 35.5. The van der Waals surface area contributed by atoms with Gasteiger partial charge in [0.15, 0.2) is 6.10 Å². The Bertz CT molecular complexity index is 454. The molecule has 6 heteroatoms. The summed E-state index contributed by atoms with van der Waals surface area (Å²) < 4.78 is 10.6. The summed E-state index contributed by atoms with van der Waals surface area (Å²) in [5.74, 6) is 0.623. The van der Waals surface area contributed by atoms with E-state index in [1.807, 2.05) is 0 Å². The van der Waals surface area contributed by atoms with Crippen molar-refractivity contribution >= 4 is 17.7 Å². The van der Waals surface area contributed by atoms with Gasteiger partial charge in [-0.15, -0.1) is 0 Å². The lowest BCUT2D eigenvalue weighted by Gasteiger charge is -2.18. The van der Waals surface area contributed by atoms with Crippen LogP contribution in [0.1, 0.15) is 13.3 Å². The maximum atomic E-state index is 11.5. The summed E-state index contributed by atoms with van der Waals surface area (Å²) in [6.45, 7) is 2.36. The van der Waals surface area contributed by atoms with Crippen LogP contribution in [0, 0.1) is 0 Å². The number of halogens is 1. The molecule has 0 spiro atoms. The van der Waals surface area contributed by atoms with E-state index in [1.54, 1.807) is 31.2 Å². The molecular formula is C13H16ClNO4. The SMILES string of the molecule is CCC(O)N1CC(COc2cccc(Cl)c2)OC1=O. The molecule has 19 heavy (non-hydrogen) atoms. The van der Waals surface area contributed by atoms with Crippen LogP contribution in [-0.4, -0.2) is 41.6 Å². The van der Waals surface area contributed by atoms with Crippen LogP contribution >= 0.6 is 11.6 Å². The number of aliphatic hydroxyl groups is 1. The zero-order chi connectivity index (χ0) is 13.8. The van der Waals surface area contributed by atoms with Crippen LogP contribution < -0.4 is 4.74 Å². The highest BCUT2D eigenvalue weighted by Crippen LogP contribution is 2.19. The molecule has 2 unspecified atom stereocenters. The Balaban J connectivity index is 1.86. The first-order chi connectivity index (χ1) is 9.10. The number of hydrogen-bond donors (Lipinski definition) is 1. The number of carbonyl (C=O) groups excluding carboxylic acids is 1. The van der Waals surface area contributed by atoms with Crippen LogP contribution in [0.25, 0.3) is 0 Å². The topological polar surface area (TPSA) is 59.0 Å². The van der Waals surface area contributed by atoms with E-state index in [9.17, 15) is 9.90 Å². The fraction of sp³-hybridized carbons (Fsp3) is 0.462. The standard InChI is InChI=1S/C13H16ClNO4/c1-2-12(16)15-7-11(19-13(15)17)8-18-10-5-3-4-9(14)6-10/h3-6,11-12,16H,2,7-8H2,1H3. The molecule has 1 aliphatic rings. The molecule has 2 rings (SSSR count).